The van der Waals surface area contributed by atoms with Crippen LogP contribution in [0.2, 0.25) is 0 Å². The Morgan fingerprint density at radius 1 is 0.647 bits per heavy atom. The van der Waals surface area contributed by atoms with Crippen molar-refractivity contribution in [2.45, 2.75) is 32.2 Å². The fourth-order valence-corrected chi connectivity index (χ4v) is 3.97. The molecule has 0 spiro atoms. The first kappa shape index (κ1) is 23.3. The van der Waals surface area contributed by atoms with E-state index in [0.29, 0.717) is 26.1 Å². The topological polar surface area (TPSA) is 49.8 Å². The second-order valence-corrected chi connectivity index (χ2v) is 8.35. The Morgan fingerprint density at radius 2 is 1.12 bits per heavy atom. The zero-order valence-electron chi connectivity index (χ0n) is 19.1. The Morgan fingerprint density at radius 3 is 1.59 bits per heavy atom. The number of aliphatic carboxylic acids is 1. The summed E-state index contributed by atoms with van der Waals surface area (Å²) in [5, 5.41) is 10.2. The number of carboxylic acid groups (broad SMARTS) is 1. The summed E-state index contributed by atoms with van der Waals surface area (Å²) < 4.78 is 5.88. The van der Waals surface area contributed by atoms with Crippen LogP contribution in [0.3, 0.4) is 0 Å². The second kappa shape index (κ2) is 11.8. The quantitative estimate of drug-likeness (QED) is 0.306. The van der Waals surface area contributed by atoms with Crippen molar-refractivity contribution >= 4 is 5.97 Å². The van der Waals surface area contributed by atoms with Crippen LogP contribution >= 0.6 is 0 Å². The minimum absolute atomic E-state index is 0.411. The van der Waals surface area contributed by atoms with Gasteiger partial charge >= 0.3 is 5.97 Å². The average Bonchev–Trinajstić information content (AvgIpc) is 2.88. The summed E-state index contributed by atoms with van der Waals surface area (Å²) in [5.41, 5.74) is 4.25. The predicted octanol–water partition coefficient (Wildman–Crippen LogP) is 5.96. The molecule has 0 aliphatic heterocycles. The van der Waals surface area contributed by atoms with E-state index in [9.17, 15) is 9.90 Å². The molecule has 4 aromatic carbocycles. The summed E-state index contributed by atoms with van der Waals surface area (Å²) >= 11 is 0. The van der Waals surface area contributed by atoms with Gasteiger partial charge in [0.25, 0.3) is 0 Å². The van der Waals surface area contributed by atoms with Gasteiger partial charge in [0.05, 0.1) is 0 Å². The van der Waals surface area contributed by atoms with Crippen LogP contribution in [0.5, 0.6) is 5.75 Å². The lowest BCUT2D eigenvalue weighted by molar-refractivity contribution is -0.143. The SMILES string of the molecule is O=C(O)[C@H](Cc1ccc(OCc2ccccc2)cc1)N(Cc1ccccc1)Cc1ccccc1. The van der Waals surface area contributed by atoms with E-state index < -0.39 is 12.0 Å². The molecule has 172 valence electrons. The molecule has 0 radical (unpaired) electrons. The molecule has 4 nitrogen and oxygen atoms in total. The molecule has 0 unspecified atom stereocenters. The molecular formula is C30H29NO3. The van der Waals surface area contributed by atoms with E-state index in [1.165, 1.54) is 0 Å². The first-order valence-corrected chi connectivity index (χ1v) is 11.5. The molecule has 0 aromatic heterocycles. The van der Waals surface area contributed by atoms with Crippen LogP contribution < -0.4 is 4.74 Å². The largest absolute Gasteiger partial charge is 0.489 e. The summed E-state index contributed by atoms with van der Waals surface area (Å²) in [5.74, 6) is -0.0545. The van der Waals surface area contributed by atoms with E-state index in [1.54, 1.807) is 0 Å². The molecule has 0 fully saturated rings. The number of rotatable bonds is 11. The highest BCUT2D eigenvalue weighted by Crippen LogP contribution is 2.20. The third-order valence-corrected chi connectivity index (χ3v) is 5.78. The van der Waals surface area contributed by atoms with Gasteiger partial charge < -0.3 is 9.84 Å². The van der Waals surface area contributed by atoms with Gasteiger partial charge in [-0.1, -0.05) is 103 Å². The van der Waals surface area contributed by atoms with Gasteiger partial charge in [0, 0.05) is 13.1 Å². The van der Waals surface area contributed by atoms with Gasteiger partial charge in [0.1, 0.15) is 18.4 Å². The average molecular weight is 452 g/mol. The molecule has 0 saturated carbocycles. The zero-order valence-corrected chi connectivity index (χ0v) is 19.1. The molecular weight excluding hydrogens is 422 g/mol. The molecule has 0 saturated heterocycles. The highest BCUT2D eigenvalue weighted by molar-refractivity contribution is 5.74. The Labute approximate surface area is 201 Å². The van der Waals surface area contributed by atoms with Crippen molar-refractivity contribution < 1.29 is 14.6 Å². The maximum Gasteiger partial charge on any atom is 0.321 e. The summed E-state index contributed by atoms with van der Waals surface area (Å²) in [7, 11) is 0. The highest BCUT2D eigenvalue weighted by Gasteiger charge is 2.26. The van der Waals surface area contributed by atoms with E-state index in [-0.39, 0.29) is 0 Å². The Bertz CT molecular complexity index is 1100. The standard InChI is InChI=1S/C30H29NO3/c32-30(33)29(20-24-16-18-28(19-17-24)34-23-27-14-8-3-9-15-27)31(21-25-10-4-1-5-11-25)22-26-12-6-2-7-13-26/h1-19,29H,20-23H2,(H,32,33)/t29-/m0/s1. The lowest BCUT2D eigenvalue weighted by atomic mass is 10.0. The van der Waals surface area contributed by atoms with Crippen molar-refractivity contribution in [3.63, 3.8) is 0 Å². The van der Waals surface area contributed by atoms with Gasteiger partial charge in [0.2, 0.25) is 0 Å². The molecule has 4 heteroatoms. The monoisotopic (exact) mass is 451 g/mol. The number of hydrogen-bond donors (Lipinski definition) is 1. The van der Waals surface area contributed by atoms with Crippen LogP contribution in [0, 0.1) is 0 Å². The minimum Gasteiger partial charge on any atom is -0.489 e. The molecule has 4 aromatic rings. The molecule has 4 rings (SSSR count). The van der Waals surface area contributed by atoms with Crippen LogP contribution in [0.4, 0.5) is 0 Å². The minimum atomic E-state index is -0.823. The molecule has 1 atom stereocenters. The van der Waals surface area contributed by atoms with E-state index >= 15 is 0 Å². The van der Waals surface area contributed by atoms with E-state index in [0.717, 1.165) is 28.0 Å². The number of carboxylic acids is 1. The van der Waals surface area contributed by atoms with Crippen molar-refractivity contribution in [1.82, 2.24) is 4.90 Å². The predicted molar refractivity (Wildman–Crippen MR) is 134 cm³/mol. The van der Waals surface area contributed by atoms with Crippen molar-refractivity contribution in [1.29, 1.82) is 0 Å². The Hall–Kier alpha value is -3.89. The first-order chi connectivity index (χ1) is 16.7. The smallest absolute Gasteiger partial charge is 0.321 e. The van der Waals surface area contributed by atoms with Crippen molar-refractivity contribution in [2.24, 2.45) is 0 Å². The molecule has 0 aliphatic rings. The molecule has 34 heavy (non-hydrogen) atoms. The van der Waals surface area contributed by atoms with E-state index in [4.69, 9.17) is 4.74 Å². The molecule has 0 heterocycles. The normalized spacial score (nSPS) is 11.8. The van der Waals surface area contributed by atoms with E-state index in [2.05, 4.69) is 0 Å². The number of nitrogens with zero attached hydrogens (tertiary/aromatic N) is 1. The van der Waals surface area contributed by atoms with Gasteiger partial charge in [-0.2, -0.15) is 0 Å². The third kappa shape index (κ3) is 6.80. The summed E-state index contributed by atoms with van der Waals surface area (Å²) in [6.45, 7) is 1.62. The lowest BCUT2D eigenvalue weighted by Crippen LogP contribution is -2.42. The van der Waals surface area contributed by atoms with Crippen LogP contribution in [-0.2, 0) is 30.9 Å². The maximum absolute atomic E-state index is 12.4. The van der Waals surface area contributed by atoms with Crippen LogP contribution in [0.25, 0.3) is 0 Å². The Balaban J connectivity index is 1.48. The Kier molecular flexibility index (Phi) is 8.09. The van der Waals surface area contributed by atoms with Crippen molar-refractivity contribution in [2.75, 3.05) is 0 Å². The van der Waals surface area contributed by atoms with Gasteiger partial charge in [-0.15, -0.1) is 0 Å². The van der Waals surface area contributed by atoms with Crippen molar-refractivity contribution in [3.8, 4) is 5.75 Å². The van der Waals surface area contributed by atoms with Crippen LogP contribution in [0.15, 0.2) is 115 Å². The van der Waals surface area contributed by atoms with Crippen molar-refractivity contribution in [3.05, 3.63) is 138 Å². The molecule has 1 N–H and O–H groups in total. The van der Waals surface area contributed by atoms with Crippen LogP contribution in [-0.4, -0.2) is 22.0 Å². The van der Waals surface area contributed by atoms with Gasteiger partial charge in [0.15, 0.2) is 0 Å². The molecule has 0 amide bonds. The molecule has 0 aliphatic carbocycles. The highest BCUT2D eigenvalue weighted by atomic mass is 16.5. The number of hydrogen-bond acceptors (Lipinski definition) is 3. The lowest BCUT2D eigenvalue weighted by Gasteiger charge is -2.29. The van der Waals surface area contributed by atoms with Gasteiger partial charge in [-0.3, -0.25) is 9.69 Å². The zero-order chi connectivity index (χ0) is 23.6. The second-order valence-electron chi connectivity index (χ2n) is 8.35. The fraction of sp³-hybridized carbons (Fsp3) is 0.167. The molecule has 0 bridgehead atoms. The summed E-state index contributed by atoms with van der Waals surface area (Å²) in [6.07, 6.45) is 0.411. The van der Waals surface area contributed by atoms with Gasteiger partial charge in [-0.25, -0.2) is 0 Å². The fourth-order valence-electron chi connectivity index (χ4n) is 3.97. The third-order valence-electron chi connectivity index (χ3n) is 5.78. The van der Waals surface area contributed by atoms with Crippen LogP contribution in [0.1, 0.15) is 22.3 Å². The summed E-state index contributed by atoms with van der Waals surface area (Å²) in [6, 6.07) is 37.1. The number of carbonyl (C=O) groups is 1. The summed E-state index contributed by atoms with van der Waals surface area (Å²) in [4.78, 5) is 14.4. The number of benzene rings is 4. The number of ether oxygens (including phenoxy) is 1. The maximum atomic E-state index is 12.4. The van der Waals surface area contributed by atoms with E-state index in [1.807, 2.05) is 120 Å². The first-order valence-electron chi connectivity index (χ1n) is 11.5. The van der Waals surface area contributed by atoms with Gasteiger partial charge in [-0.05, 0) is 40.8 Å².